The van der Waals surface area contributed by atoms with Crippen LogP contribution in [0.15, 0.2) is 12.4 Å². The quantitative estimate of drug-likeness (QED) is 0.604. The molecule has 72 valence electrons. The summed E-state index contributed by atoms with van der Waals surface area (Å²) in [6, 6.07) is 0. The van der Waals surface area contributed by atoms with Crippen molar-refractivity contribution in [1.82, 2.24) is 15.1 Å². The van der Waals surface area contributed by atoms with Crippen molar-refractivity contribution in [2.75, 3.05) is 13.6 Å². The molecule has 2 heterocycles. The maximum Gasteiger partial charge on any atom is 0.0544 e. The highest BCUT2D eigenvalue weighted by molar-refractivity contribution is 5.22. The Morgan fingerprint density at radius 2 is 1.77 bits per heavy atom. The van der Waals surface area contributed by atoms with Gasteiger partial charge in [-0.15, -0.1) is 0 Å². The molecule has 0 unspecified atom stereocenters. The van der Waals surface area contributed by atoms with Gasteiger partial charge in [0.2, 0.25) is 0 Å². The molecule has 1 aromatic rings. The fraction of sp³-hybridized carbons (Fsp3) is 0.600. The van der Waals surface area contributed by atoms with E-state index in [2.05, 4.69) is 22.1 Å². The molecule has 0 saturated carbocycles. The number of rotatable bonds is 0. The number of hydrogen-bond donors (Lipinski definition) is 0. The average molecular weight is 179 g/mol. The summed E-state index contributed by atoms with van der Waals surface area (Å²) in [5.41, 5.74) is 2.69. The smallest absolute Gasteiger partial charge is 0.0544 e. The van der Waals surface area contributed by atoms with E-state index in [1.165, 1.54) is 11.1 Å². The minimum Gasteiger partial charge on any atom is -0.302 e. The lowest BCUT2D eigenvalue weighted by Gasteiger charge is -2.23. The zero-order chi connectivity index (χ0) is 9.68. The van der Waals surface area contributed by atoms with E-state index in [0.29, 0.717) is 0 Å². The van der Waals surface area contributed by atoms with Gasteiger partial charge in [-0.05, 0) is 24.6 Å². The van der Waals surface area contributed by atoms with Crippen LogP contribution >= 0.6 is 0 Å². The lowest BCUT2D eigenvalue weighted by atomic mass is 10.0. The Balaban J connectivity index is 0.000000396. The van der Waals surface area contributed by atoms with Gasteiger partial charge in [0, 0.05) is 13.1 Å². The highest BCUT2D eigenvalue weighted by Crippen LogP contribution is 2.14. The molecule has 0 saturated heterocycles. The summed E-state index contributed by atoms with van der Waals surface area (Å²) in [4.78, 5) is 2.30. The zero-order valence-electron chi connectivity index (χ0n) is 8.62. The maximum atomic E-state index is 3.86. The molecule has 3 heteroatoms. The summed E-state index contributed by atoms with van der Waals surface area (Å²) >= 11 is 0. The SMILES string of the molecule is CC.CN1CCc2cnncc2C1. The normalized spacial score (nSPS) is 15.6. The summed E-state index contributed by atoms with van der Waals surface area (Å²) in [5, 5.41) is 7.71. The van der Waals surface area contributed by atoms with Crippen LogP contribution in [0.25, 0.3) is 0 Å². The molecule has 13 heavy (non-hydrogen) atoms. The van der Waals surface area contributed by atoms with Crippen molar-refractivity contribution >= 4 is 0 Å². The first-order valence-electron chi connectivity index (χ1n) is 4.83. The van der Waals surface area contributed by atoms with Gasteiger partial charge in [-0.1, -0.05) is 13.8 Å². The van der Waals surface area contributed by atoms with Crippen LogP contribution in [0.2, 0.25) is 0 Å². The third kappa shape index (κ3) is 2.49. The first kappa shape index (κ1) is 10.1. The molecule has 0 spiro atoms. The van der Waals surface area contributed by atoms with Gasteiger partial charge in [-0.25, -0.2) is 0 Å². The van der Waals surface area contributed by atoms with Crippen molar-refractivity contribution < 1.29 is 0 Å². The van der Waals surface area contributed by atoms with Crippen molar-refractivity contribution in [1.29, 1.82) is 0 Å². The number of aromatic nitrogens is 2. The number of hydrogen-bond acceptors (Lipinski definition) is 3. The molecule has 0 atom stereocenters. The standard InChI is InChI=1S/C8H11N3.C2H6/c1-11-3-2-7-4-9-10-5-8(7)6-11;1-2/h4-5H,2-3,6H2,1H3;1-2H3. The van der Waals surface area contributed by atoms with E-state index in [-0.39, 0.29) is 0 Å². The van der Waals surface area contributed by atoms with E-state index in [1.54, 1.807) is 0 Å². The molecule has 0 aliphatic carbocycles. The molecule has 1 aliphatic rings. The van der Waals surface area contributed by atoms with Gasteiger partial charge in [0.05, 0.1) is 12.4 Å². The van der Waals surface area contributed by atoms with Crippen molar-refractivity contribution in [2.45, 2.75) is 26.8 Å². The first-order chi connectivity index (χ1) is 6.36. The lowest BCUT2D eigenvalue weighted by Crippen LogP contribution is -2.26. The van der Waals surface area contributed by atoms with Crippen LogP contribution in [0.1, 0.15) is 25.0 Å². The molecule has 0 bridgehead atoms. The Morgan fingerprint density at radius 3 is 2.46 bits per heavy atom. The Bertz CT molecular complexity index is 260. The summed E-state index contributed by atoms with van der Waals surface area (Å²) in [5.74, 6) is 0. The van der Waals surface area contributed by atoms with E-state index >= 15 is 0 Å². The molecule has 1 aromatic heterocycles. The van der Waals surface area contributed by atoms with E-state index in [0.717, 1.165) is 19.5 Å². The van der Waals surface area contributed by atoms with Gasteiger partial charge in [0.25, 0.3) is 0 Å². The van der Waals surface area contributed by atoms with Crippen molar-refractivity contribution in [3.8, 4) is 0 Å². The van der Waals surface area contributed by atoms with Gasteiger partial charge >= 0.3 is 0 Å². The molecule has 1 aliphatic heterocycles. The van der Waals surface area contributed by atoms with Gasteiger partial charge in [-0.2, -0.15) is 10.2 Å². The second-order valence-electron chi connectivity index (χ2n) is 3.03. The predicted octanol–water partition coefficient (Wildman–Crippen LogP) is 1.49. The molecular formula is C10H17N3. The van der Waals surface area contributed by atoms with Crippen LogP contribution in [0.4, 0.5) is 0 Å². The maximum absolute atomic E-state index is 3.86. The minimum atomic E-state index is 1.02. The van der Waals surface area contributed by atoms with E-state index in [1.807, 2.05) is 26.2 Å². The predicted molar refractivity (Wildman–Crippen MR) is 53.4 cm³/mol. The number of fused-ring (bicyclic) bond motifs is 1. The summed E-state index contributed by atoms with van der Waals surface area (Å²) in [6.45, 7) is 6.16. The van der Waals surface area contributed by atoms with Crippen LogP contribution in [-0.4, -0.2) is 28.7 Å². The topological polar surface area (TPSA) is 29.0 Å². The minimum absolute atomic E-state index is 1.02. The second kappa shape index (κ2) is 4.92. The summed E-state index contributed by atoms with van der Waals surface area (Å²) < 4.78 is 0. The Hall–Kier alpha value is -0.960. The molecule has 2 rings (SSSR count). The molecule has 0 fully saturated rings. The van der Waals surface area contributed by atoms with Crippen LogP contribution < -0.4 is 0 Å². The Morgan fingerprint density at radius 1 is 1.15 bits per heavy atom. The summed E-state index contributed by atoms with van der Waals surface area (Å²) in [6.07, 6.45) is 4.86. The van der Waals surface area contributed by atoms with E-state index in [9.17, 15) is 0 Å². The molecule has 0 radical (unpaired) electrons. The average Bonchev–Trinajstić information content (AvgIpc) is 2.21. The fourth-order valence-electron chi connectivity index (χ4n) is 1.42. The second-order valence-corrected chi connectivity index (χ2v) is 3.03. The first-order valence-corrected chi connectivity index (χ1v) is 4.83. The highest BCUT2D eigenvalue weighted by Gasteiger charge is 2.12. The highest BCUT2D eigenvalue weighted by atomic mass is 15.1. The lowest BCUT2D eigenvalue weighted by molar-refractivity contribution is 0.311. The molecular weight excluding hydrogens is 162 g/mol. The largest absolute Gasteiger partial charge is 0.302 e. The molecule has 0 amide bonds. The Labute approximate surface area is 79.8 Å². The summed E-state index contributed by atoms with van der Waals surface area (Å²) in [7, 11) is 2.13. The Kier molecular flexibility index (Phi) is 3.83. The van der Waals surface area contributed by atoms with E-state index in [4.69, 9.17) is 0 Å². The zero-order valence-corrected chi connectivity index (χ0v) is 8.62. The van der Waals surface area contributed by atoms with E-state index < -0.39 is 0 Å². The van der Waals surface area contributed by atoms with Crippen LogP contribution in [0, 0.1) is 0 Å². The van der Waals surface area contributed by atoms with Gasteiger partial charge < -0.3 is 4.90 Å². The van der Waals surface area contributed by atoms with Crippen molar-refractivity contribution in [2.24, 2.45) is 0 Å². The van der Waals surface area contributed by atoms with Crippen LogP contribution in [0.5, 0.6) is 0 Å². The van der Waals surface area contributed by atoms with Gasteiger partial charge in [0.15, 0.2) is 0 Å². The van der Waals surface area contributed by atoms with Gasteiger partial charge in [0.1, 0.15) is 0 Å². The third-order valence-corrected chi connectivity index (χ3v) is 2.11. The molecule has 0 N–H and O–H groups in total. The third-order valence-electron chi connectivity index (χ3n) is 2.11. The fourth-order valence-corrected chi connectivity index (χ4v) is 1.42. The molecule has 3 nitrogen and oxygen atoms in total. The monoisotopic (exact) mass is 179 g/mol. The van der Waals surface area contributed by atoms with Crippen LogP contribution in [0.3, 0.4) is 0 Å². The van der Waals surface area contributed by atoms with Crippen LogP contribution in [-0.2, 0) is 13.0 Å². The number of nitrogens with zero attached hydrogens (tertiary/aromatic N) is 3. The number of likely N-dealkylation sites (N-methyl/N-ethyl adjacent to an activating group) is 1. The molecule has 0 aromatic carbocycles. The van der Waals surface area contributed by atoms with Crippen molar-refractivity contribution in [3.05, 3.63) is 23.5 Å². The van der Waals surface area contributed by atoms with Crippen molar-refractivity contribution in [3.63, 3.8) is 0 Å². The van der Waals surface area contributed by atoms with Gasteiger partial charge in [-0.3, -0.25) is 0 Å².